The number of ether oxygens (including phenoxy) is 7. The molecule has 6 rings (SSSR count). The number of carbonyl (C=O) groups is 20. The molecule has 15 N–H and O–H groups in total. The van der Waals surface area contributed by atoms with Gasteiger partial charge in [-0.15, -0.1) is 0 Å². The lowest BCUT2D eigenvalue weighted by Gasteiger charge is -2.36. The number of hydrogen-bond donors (Lipinski definition) is 15. The Morgan fingerprint density at radius 2 is 0.945 bits per heavy atom. The highest BCUT2D eigenvalue weighted by atomic mass is 35.5. The number of halogens is 1. The van der Waals surface area contributed by atoms with Crippen LogP contribution in [-0.4, -0.2) is 487 Å². The molecule has 145 heavy (non-hydrogen) atoms. The van der Waals surface area contributed by atoms with Gasteiger partial charge in [-0.05, 0) is 67.0 Å². The van der Waals surface area contributed by atoms with Crippen molar-refractivity contribution in [3.05, 3.63) is 58.6 Å². The molecule has 54 heteroatoms. The molecule has 2 aromatic carbocycles. The van der Waals surface area contributed by atoms with Crippen LogP contribution in [0.25, 0.3) is 0 Å². The zero-order chi connectivity index (χ0) is 107. The summed E-state index contributed by atoms with van der Waals surface area (Å²) in [5.74, 6) is -20.3. The molecule has 0 aromatic heterocycles. The molecule has 51 nitrogen and oxygen atoms in total. The summed E-state index contributed by atoms with van der Waals surface area (Å²) in [6, 6.07) is -7.24. The number of benzene rings is 2. The minimum Gasteiger partial charge on any atom is -0.508 e. The van der Waals surface area contributed by atoms with E-state index in [-0.39, 0.29) is 196 Å². The molecule has 0 bridgehead atoms. The van der Waals surface area contributed by atoms with Gasteiger partial charge < -0.3 is 117 Å². The number of aliphatic hydroxyl groups is 1. The van der Waals surface area contributed by atoms with Crippen LogP contribution in [0.3, 0.4) is 0 Å². The van der Waals surface area contributed by atoms with E-state index < -0.39 is 262 Å². The average Bonchev–Trinajstić information content (AvgIpc) is 1.66. The molecule has 0 saturated carbocycles. The third kappa shape index (κ3) is 43.3. The van der Waals surface area contributed by atoms with E-state index in [4.69, 9.17) is 44.8 Å². The first-order valence-corrected chi connectivity index (χ1v) is 50.0. The number of aliphatic hydroxyl groups excluding tert-OH is 1. The van der Waals surface area contributed by atoms with Gasteiger partial charge in [-0.2, -0.15) is 0 Å². The van der Waals surface area contributed by atoms with E-state index in [1.54, 1.807) is 53.0 Å². The number of rotatable bonds is 41. The van der Waals surface area contributed by atoms with Gasteiger partial charge in [0.1, 0.15) is 71.9 Å². The number of carbonyl (C=O) groups excluding carboxylic acids is 18. The third-order valence-electron chi connectivity index (χ3n) is 24.3. The normalized spacial score (nSPS) is 20.7. The number of hydrogen-bond acceptors (Lipinski definition) is 40. The van der Waals surface area contributed by atoms with Crippen molar-refractivity contribution in [2.45, 2.75) is 145 Å². The zero-order valence-electron chi connectivity index (χ0n) is 83.1. The van der Waals surface area contributed by atoms with Crippen LogP contribution < -0.4 is 53.2 Å². The molecule has 11 atom stereocenters. The molecule has 0 radical (unpaired) electrons. The quantitative estimate of drug-likeness (QED) is 0.0167. The molecule has 808 valence electrons. The number of amides is 11. The van der Waals surface area contributed by atoms with Crippen LogP contribution in [0.15, 0.2) is 42.5 Å². The monoisotopic (exact) mass is 2110 g/mol. The van der Waals surface area contributed by atoms with E-state index >= 15 is 24.0 Å². The first-order valence-electron chi connectivity index (χ1n) is 47.1. The number of aliphatic carboxylic acids is 2. The van der Waals surface area contributed by atoms with Crippen molar-refractivity contribution in [1.29, 1.82) is 0 Å². The number of fused-ring (bicyclic) bond motifs is 1. The number of esters is 7. The standard InChI is InChI=1S/C91H138ClN19O32S2/c1-55(2)39-62-85(130)101-66(82(127)93-3)53-144-145-54-67(89(134)111-46-59(113)43-70(111)88(133)100-63(83(128)95-45-74(117)96-62)42-57-13-19-71(114)60(92)40-57)102-84(129)61(16-22-75(118)119)98-86(131)64(41-56-11-14-58(112)15-12-56)99-87(132)65(44-94-72(115)20-17-68(90(135)142-9)109-35-31-105(49-78(123)138-5)25-23-103(47-76(120)121)24-26-106(32-36-109)50-79(124)139-6)97-73(116)21-18-69(91(136)143-10)110-37-33-107(51-80(125)140-7)29-27-104(48-77(122)137-4)28-30-108(34-38-110)52-81(126)141-8/h11-15,19,40,55,59,61-70,112-114H,16-18,20-39,41-54H2,1-10H3,(H,93,127)(H,94,115)(H,95,128)(H,96,117)(H,97,116)(H,98,131)(H,99,132)(H,100,133)(H,101,130)(H,102,129)(H,118,119)(H,120,121)/t59-,61-,62+,63+,64+,65?,66+,67+,68?,69?,70?/m1/s1. The average molecular weight is 2110 g/mol. The summed E-state index contributed by atoms with van der Waals surface area (Å²) in [6.45, 7) is 0.867. The van der Waals surface area contributed by atoms with Gasteiger partial charge in [0.05, 0.1) is 107 Å². The summed E-state index contributed by atoms with van der Waals surface area (Å²) in [7, 11) is 11.2. The minimum absolute atomic E-state index is 0.0215. The van der Waals surface area contributed by atoms with Gasteiger partial charge >= 0.3 is 53.7 Å². The van der Waals surface area contributed by atoms with Gasteiger partial charge in [0.15, 0.2) is 0 Å². The van der Waals surface area contributed by atoms with Crippen molar-refractivity contribution in [3.63, 3.8) is 0 Å². The zero-order valence-corrected chi connectivity index (χ0v) is 85.5. The van der Waals surface area contributed by atoms with Gasteiger partial charge in [0.25, 0.3) is 0 Å². The summed E-state index contributed by atoms with van der Waals surface area (Å²) in [6.07, 6.45) is -6.44. The Bertz CT molecular complexity index is 4660. The molecule has 4 heterocycles. The van der Waals surface area contributed by atoms with Gasteiger partial charge in [-0.25, -0.2) is 0 Å². The topological polar surface area (TPSA) is 657 Å². The molecule has 4 fully saturated rings. The molecule has 2 aromatic rings. The number of methoxy groups -OCH3 is 7. The largest absolute Gasteiger partial charge is 0.508 e. The second kappa shape index (κ2) is 63.5. The van der Waals surface area contributed by atoms with Crippen molar-refractivity contribution in [2.24, 2.45) is 5.92 Å². The lowest BCUT2D eigenvalue weighted by atomic mass is 10.0. The van der Waals surface area contributed by atoms with E-state index in [1.165, 1.54) is 85.1 Å². The van der Waals surface area contributed by atoms with Gasteiger partial charge in [-0.3, -0.25) is 135 Å². The fourth-order valence-electron chi connectivity index (χ4n) is 16.2. The Morgan fingerprint density at radius 1 is 0.490 bits per heavy atom. The van der Waals surface area contributed by atoms with Crippen molar-refractivity contribution in [2.75, 3.05) is 232 Å². The Hall–Kier alpha value is -11.9. The fraction of sp³-hybridized carbons (Fsp3) is 0.648. The number of likely N-dealkylation sites (N-methyl/N-ethyl adjacent to an activating group) is 1. The van der Waals surface area contributed by atoms with Gasteiger partial charge in [-0.1, -0.05) is 65.2 Å². The first kappa shape index (κ1) is 122. The molecule has 0 aliphatic carbocycles. The molecular formula is C91H138ClN19O32S2. The molecule has 4 saturated heterocycles. The summed E-state index contributed by atoms with van der Waals surface area (Å²) < 4.78 is 35.6. The smallest absolute Gasteiger partial charge is 0.323 e. The Kier molecular flexibility index (Phi) is 53.3. The van der Waals surface area contributed by atoms with Crippen molar-refractivity contribution < 1.29 is 155 Å². The van der Waals surface area contributed by atoms with Crippen molar-refractivity contribution >= 4 is 152 Å². The van der Waals surface area contributed by atoms with Crippen LogP contribution in [0.5, 0.6) is 11.5 Å². The summed E-state index contributed by atoms with van der Waals surface area (Å²) in [5, 5.41) is 77.7. The second-order valence-electron chi connectivity index (χ2n) is 35.2. The maximum Gasteiger partial charge on any atom is 0.323 e. The van der Waals surface area contributed by atoms with Crippen molar-refractivity contribution in [3.8, 4) is 11.5 Å². The molecule has 4 aliphatic rings. The molecule has 11 amide bonds. The number of phenolic OH excluding ortho intramolecular Hbond substituents is 2. The highest BCUT2D eigenvalue weighted by Crippen LogP contribution is 2.29. The maximum absolute atomic E-state index is 15.6. The number of carboxylic acids is 2. The summed E-state index contributed by atoms with van der Waals surface area (Å²) in [5.41, 5.74) is 0.457. The second-order valence-corrected chi connectivity index (χ2v) is 38.2. The number of aromatic hydroxyl groups is 2. The Balaban J connectivity index is 1.43. The predicted octanol–water partition coefficient (Wildman–Crippen LogP) is -6.79. The Morgan fingerprint density at radius 3 is 1.40 bits per heavy atom. The highest BCUT2D eigenvalue weighted by molar-refractivity contribution is 8.76. The maximum atomic E-state index is 15.6. The van der Waals surface area contributed by atoms with Crippen LogP contribution in [0.4, 0.5) is 0 Å². The van der Waals surface area contributed by atoms with Crippen molar-refractivity contribution in [1.82, 2.24) is 97.3 Å². The van der Waals surface area contributed by atoms with E-state index in [0.717, 1.165) is 40.7 Å². The number of phenols is 2. The van der Waals surface area contributed by atoms with Gasteiger partial charge in [0.2, 0.25) is 65.0 Å². The van der Waals surface area contributed by atoms with E-state index in [1.807, 2.05) is 0 Å². The van der Waals surface area contributed by atoms with E-state index in [2.05, 4.69) is 53.2 Å². The highest BCUT2D eigenvalue weighted by Gasteiger charge is 2.45. The Labute approximate surface area is 852 Å². The van der Waals surface area contributed by atoms with Crippen LogP contribution in [0.2, 0.25) is 5.02 Å². The van der Waals surface area contributed by atoms with Gasteiger partial charge in [0, 0.05) is 175 Å². The van der Waals surface area contributed by atoms with Crippen LogP contribution >= 0.6 is 33.2 Å². The molecule has 4 aliphatic heterocycles. The van der Waals surface area contributed by atoms with Crippen LogP contribution in [0.1, 0.15) is 76.3 Å². The molecule has 0 spiro atoms. The van der Waals surface area contributed by atoms with E-state index in [9.17, 15) is 97.5 Å². The SMILES string of the molecule is CNC(=O)[C@@H]1CSSC[C@H](NC(=O)[C@@H](CCC(=O)O)NC(=O)[C@H](Cc2ccc(O)cc2)NC(=O)C(CNC(=O)CCC(C(=O)OC)N2CCN(CC(=O)OC)CCN(CC(=O)O)CCN(CC(=O)OC)CC2)NC(=O)CCC(C(=O)OC)N2CCN(CC(=O)OC)CCN(CC(=O)OC)CCN(CC(=O)OC)CC2)C(=O)N2C[C@H](O)CC2C(=O)N[C@@H](Cc2ccc(O)c(Cl)c2)C(=O)NCC(=O)N[C@@H](CC(C)C)C(=O)N1. The van der Waals surface area contributed by atoms with Crippen LogP contribution in [-0.2, 0) is 142 Å². The van der Waals surface area contributed by atoms with Crippen LogP contribution in [0, 0.1) is 5.92 Å². The lowest BCUT2D eigenvalue weighted by molar-refractivity contribution is -0.149. The minimum atomic E-state index is -2.01. The number of nitrogens with zero attached hydrogens (tertiary/aromatic N) is 9. The molecule has 4 unspecified atom stereocenters. The number of nitrogens with one attached hydrogen (secondary N) is 10. The summed E-state index contributed by atoms with van der Waals surface area (Å²) in [4.78, 5) is 294. The fourth-order valence-corrected chi connectivity index (χ4v) is 18.7. The molecular weight excluding hydrogens is 1970 g/mol. The first-order chi connectivity index (χ1) is 69.0. The number of carboxylic acid groups (broad SMARTS) is 2. The lowest BCUT2D eigenvalue weighted by Crippen LogP contribution is -2.61. The summed E-state index contributed by atoms with van der Waals surface area (Å²) >= 11 is 6.27. The van der Waals surface area contributed by atoms with E-state index in [0.29, 0.717) is 0 Å². The third-order valence-corrected chi connectivity index (χ3v) is 27.1. The predicted molar refractivity (Wildman–Crippen MR) is 519 cm³/mol.